The van der Waals surface area contributed by atoms with Gasteiger partial charge in [-0.3, -0.25) is 4.79 Å². The van der Waals surface area contributed by atoms with Gasteiger partial charge in [0.1, 0.15) is 16.9 Å². The van der Waals surface area contributed by atoms with Crippen LogP contribution in [-0.2, 0) is 24.2 Å². The van der Waals surface area contributed by atoms with E-state index in [4.69, 9.17) is 4.98 Å². The van der Waals surface area contributed by atoms with Gasteiger partial charge in [-0.05, 0) is 54.3 Å². The van der Waals surface area contributed by atoms with E-state index in [1.54, 1.807) is 6.92 Å². The minimum Gasteiger partial charge on any atom is -0.480 e. The zero-order valence-electron chi connectivity index (χ0n) is 22.0. The Balaban J connectivity index is 1.22. The second kappa shape index (κ2) is 11.7. The Labute approximate surface area is 234 Å². The van der Waals surface area contributed by atoms with Crippen molar-refractivity contribution in [1.29, 1.82) is 0 Å². The molecule has 0 bridgehead atoms. The number of fused-ring (bicyclic) bond motifs is 1. The maximum atomic E-state index is 13.8. The van der Waals surface area contributed by atoms with Gasteiger partial charge in [0.05, 0.1) is 23.3 Å². The van der Waals surface area contributed by atoms with Gasteiger partial charge in [-0.1, -0.05) is 43.3 Å². The molecule has 1 unspecified atom stereocenters. The molecule has 10 heteroatoms. The number of anilines is 1. The minimum atomic E-state index is -1.14. The zero-order valence-corrected chi connectivity index (χ0v) is 22.8. The quantitative estimate of drug-likeness (QED) is 0.174. The van der Waals surface area contributed by atoms with E-state index in [1.165, 1.54) is 23.5 Å². The number of nitrogens with zero attached hydrogens (tertiary/aromatic N) is 2. The highest BCUT2D eigenvalue weighted by molar-refractivity contribution is 7.10. The Morgan fingerprint density at radius 2 is 1.88 bits per heavy atom. The molecule has 8 nitrogen and oxygen atoms in total. The summed E-state index contributed by atoms with van der Waals surface area (Å²) in [7, 11) is 0. The minimum absolute atomic E-state index is 0.104. The lowest BCUT2D eigenvalue weighted by Crippen LogP contribution is -2.42. The number of rotatable bonds is 10. The highest BCUT2D eigenvalue weighted by Gasteiger charge is 2.24. The molecule has 0 radical (unpaired) electrons. The number of thiazole rings is 1. The Morgan fingerprint density at radius 3 is 2.60 bits per heavy atom. The number of aromatic amines is 1. The molecule has 2 aromatic heterocycles. The van der Waals surface area contributed by atoms with Crippen LogP contribution < -0.4 is 10.6 Å². The summed E-state index contributed by atoms with van der Waals surface area (Å²) in [6, 6.07) is 16.7. The van der Waals surface area contributed by atoms with E-state index in [9.17, 15) is 19.1 Å². The first kappa shape index (κ1) is 27.0. The van der Waals surface area contributed by atoms with Crippen LogP contribution in [0.3, 0.4) is 0 Å². The van der Waals surface area contributed by atoms with Gasteiger partial charge < -0.3 is 20.7 Å². The van der Waals surface area contributed by atoms with E-state index in [2.05, 4.69) is 20.6 Å². The van der Waals surface area contributed by atoms with Crippen molar-refractivity contribution in [3.8, 4) is 11.3 Å². The van der Waals surface area contributed by atoms with Crippen LogP contribution in [0.25, 0.3) is 22.3 Å². The number of imidazole rings is 1. The van der Waals surface area contributed by atoms with Gasteiger partial charge in [-0.25, -0.2) is 19.2 Å². The molecular weight excluding hydrogens is 529 g/mol. The second-order valence-electron chi connectivity index (χ2n) is 9.46. The summed E-state index contributed by atoms with van der Waals surface area (Å²) in [6.07, 6.45) is 0.557. The average molecular weight is 558 g/mol. The predicted molar refractivity (Wildman–Crippen MR) is 154 cm³/mol. The molecule has 0 aliphatic heterocycles. The summed E-state index contributed by atoms with van der Waals surface area (Å²) in [5.74, 6) is -1.40. The summed E-state index contributed by atoms with van der Waals surface area (Å²) in [6.45, 7) is 3.99. The zero-order chi connectivity index (χ0) is 28.2. The molecule has 0 spiro atoms. The van der Waals surface area contributed by atoms with Gasteiger partial charge in [0.2, 0.25) is 5.95 Å². The fraction of sp³-hybridized carbons (Fsp3) is 0.200. The molecule has 2 heterocycles. The molecule has 1 atom stereocenters. The highest BCUT2D eigenvalue weighted by atomic mass is 32.1. The first-order chi connectivity index (χ1) is 19.3. The number of H-pyrrole nitrogens is 1. The number of carboxylic acids is 1. The topological polar surface area (TPSA) is 120 Å². The first-order valence-corrected chi connectivity index (χ1v) is 13.7. The van der Waals surface area contributed by atoms with E-state index in [0.29, 0.717) is 35.6 Å². The molecular formula is C30H28FN5O3S. The molecule has 5 rings (SSSR count). The maximum Gasteiger partial charge on any atom is 0.326 e. The van der Waals surface area contributed by atoms with Gasteiger partial charge in [0, 0.05) is 22.9 Å². The van der Waals surface area contributed by atoms with Gasteiger partial charge in [0.15, 0.2) is 0 Å². The Morgan fingerprint density at radius 1 is 1.10 bits per heavy atom. The Hall–Kier alpha value is -4.57. The van der Waals surface area contributed by atoms with Crippen LogP contribution in [0.15, 0.2) is 66.0 Å². The number of nitrogens with one attached hydrogen (secondary N) is 3. The van der Waals surface area contributed by atoms with Crippen LogP contribution in [-0.4, -0.2) is 38.0 Å². The number of hydrogen-bond acceptors (Lipinski definition) is 6. The van der Waals surface area contributed by atoms with Crippen molar-refractivity contribution in [2.24, 2.45) is 0 Å². The number of benzene rings is 3. The maximum absolute atomic E-state index is 13.8. The number of carbonyl (C=O) groups excluding carboxylic acids is 1. The van der Waals surface area contributed by atoms with E-state index >= 15 is 0 Å². The van der Waals surface area contributed by atoms with Crippen molar-refractivity contribution in [2.75, 3.05) is 5.32 Å². The summed E-state index contributed by atoms with van der Waals surface area (Å²) in [5, 5.41) is 18.5. The lowest BCUT2D eigenvalue weighted by molar-refractivity contribution is -0.139. The molecule has 0 fully saturated rings. The van der Waals surface area contributed by atoms with Crippen LogP contribution in [0.2, 0.25) is 0 Å². The molecule has 0 saturated heterocycles. The smallest absolute Gasteiger partial charge is 0.326 e. The van der Waals surface area contributed by atoms with Gasteiger partial charge >= 0.3 is 5.97 Å². The molecule has 3 aromatic carbocycles. The van der Waals surface area contributed by atoms with Crippen LogP contribution in [0.4, 0.5) is 10.3 Å². The second-order valence-corrected chi connectivity index (χ2v) is 10.4. The molecule has 5 aromatic rings. The Bertz CT molecular complexity index is 1650. The number of carbonyl (C=O) groups is 2. The number of hydrogen-bond donors (Lipinski definition) is 4. The van der Waals surface area contributed by atoms with Crippen LogP contribution in [0.5, 0.6) is 0 Å². The predicted octanol–water partition coefficient (Wildman–Crippen LogP) is 5.73. The summed E-state index contributed by atoms with van der Waals surface area (Å²) in [5.41, 5.74) is 5.67. The monoisotopic (exact) mass is 557 g/mol. The summed E-state index contributed by atoms with van der Waals surface area (Å²) >= 11 is 1.53. The molecule has 4 N–H and O–H groups in total. The van der Waals surface area contributed by atoms with Gasteiger partial charge in [-0.2, -0.15) is 0 Å². The number of aliphatic carboxylic acids is 1. The fourth-order valence-electron chi connectivity index (χ4n) is 4.61. The van der Waals surface area contributed by atoms with E-state index in [0.717, 1.165) is 32.9 Å². The van der Waals surface area contributed by atoms with Crippen molar-refractivity contribution >= 4 is 40.2 Å². The van der Waals surface area contributed by atoms with Crippen molar-refractivity contribution in [1.82, 2.24) is 20.3 Å². The summed E-state index contributed by atoms with van der Waals surface area (Å²) in [4.78, 5) is 37.4. The molecule has 204 valence electrons. The first-order valence-electron chi connectivity index (χ1n) is 12.9. The van der Waals surface area contributed by atoms with Crippen molar-refractivity contribution in [3.63, 3.8) is 0 Å². The molecule has 0 aliphatic rings. The standard InChI is InChI=1S/C30H28FN5O3S/c1-3-19-14-21(31)12-17(2)27(19)28(37)34-24(29(38)39)13-18-8-10-20(11-9-18)25-16-40-26(33-25)15-32-30-35-22-6-4-5-7-23(22)36-30/h4-12,14,16,24H,3,13,15H2,1-2H3,(H,34,37)(H,38,39)(H2,32,35,36). The van der Waals surface area contributed by atoms with Crippen molar-refractivity contribution in [2.45, 2.75) is 39.3 Å². The third-order valence-electron chi connectivity index (χ3n) is 6.63. The lowest BCUT2D eigenvalue weighted by atomic mass is 9.98. The summed E-state index contributed by atoms with van der Waals surface area (Å²) < 4.78 is 13.8. The molecule has 40 heavy (non-hydrogen) atoms. The SMILES string of the molecule is CCc1cc(F)cc(C)c1C(=O)NC(Cc1ccc(-c2csc(CNc3nc4ccccc4[nH]3)n2)cc1)C(=O)O. The fourth-order valence-corrected chi connectivity index (χ4v) is 5.36. The van der Waals surface area contributed by atoms with Gasteiger partial charge in [-0.15, -0.1) is 11.3 Å². The van der Waals surface area contributed by atoms with Crippen LogP contribution in [0, 0.1) is 12.7 Å². The molecule has 0 aliphatic carbocycles. The number of halogens is 1. The molecule has 1 amide bonds. The number of carboxylic acid groups (broad SMARTS) is 1. The van der Waals surface area contributed by atoms with Gasteiger partial charge in [0.25, 0.3) is 5.91 Å². The van der Waals surface area contributed by atoms with Crippen LogP contribution in [0.1, 0.15) is 39.0 Å². The molecule has 0 saturated carbocycles. The number of aryl methyl sites for hydroxylation is 2. The van der Waals surface area contributed by atoms with Crippen LogP contribution >= 0.6 is 11.3 Å². The highest BCUT2D eigenvalue weighted by Crippen LogP contribution is 2.24. The lowest BCUT2D eigenvalue weighted by Gasteiger charge is -2.17. The average Bonchev–Trinajstić information content (AvgIpc) is 3.58. The van der Waals surface area contributed by atoms with E-state index in [1.807, 2.05) is 60.8 Å². The third kappa shape index (κ3) is 6.02. The van der Waals surface area contributed by atoms with Crippen molar-refractivity contribution in [3.05, 3.63) is 99.1 Å². The number of para-hydroxylation sites is 2. The normalized spacial score (nSPS) is 11.9. The van der Waals surface area contributed by atoms with Crippen molar-refractivity contribution < 1.29 is 19.1 Å². The number of amides is 1. The van der Waals surface area contributed by atoms with E-state index < -0.39 is 23.7 Å². The third-order valence-corrected chi connectivity index (χ3v) is 7.48. The Kier molecular flexibility index (Phi) is 7.88. The number of aromatic nitrogens is 3. The van der Waals surface area contributed by atoms with E-state index in [-0.39, 0.29) is 6.42 Å². The largest absolute Gasteiger partial charge is 0.480 e.